The van der Waals surface area contributed by atoms with E-state index >= 15 is 0 Å². The van der Waals surface area contributed by atoms with Crippen LogP contribution < -0.4 is 5.32 Å². The quantitative estimate of drug-likeness (QED) is 0.614. The fourth-order valence-electron chi connectivity index (χ4n) is 2.72. The van der Waals surface area contributed by atoms with Gasteiger partial charge in [-0.15, -0.1) is 11.8 Å². The molecule has 1 nitrogen and oxygen atoms in total. The second-order valence-corrected chi connectivity index (χ2v) is 7.13. The molecule has 0 heterocycles. The van der Waals surface area contributed by atoms with Crippen LogP contribution in [0.15, 0.2) is 57.9 Å². The van der Waals surface area contributed by atoms with E-state index in [0.29, 0.717) is 6.04 Å². The molecule has 3 rings (SSSR count). The molecule has 1 aliphatic carbocycles. The molecule has 0 saturated carbocycles. The number of benzene rings is 2. The van der Waals surface area contributed by atoms with Gasteiger partial charge in [0.05, 0.1) is 0 Å². The highest BCUT2D eigenvalue weighted by Gasteiger charge is 2.21. The van der Waals surface area contributed by atoms with Crippen LogP contribution in [0.2, 0.25) is 0 Å². The molecular formula is C17H18BrNS. The van der Waals surface area contributed by atoms with Crippen LogP contribution in [-0.2, 0) is 6.42 Å². The first-order valence-corrected chi connectivity index (χ1v) is 8.80. The molecule has 20 heavy (non-hydrogen) atoms. The van der Waals surface area contributed by atoms with E-state index in [1.165, 1.54) is 33.3 Å². The molecule has 0 bridgehead atoms. The summed E-state index contributed by atoms with van der Waals surface area (Å²) >= 11 is 5.47. The van der Waals surface area contributed by atoms with Crippen molar-refractivity contribution in [1.82, 2.24) is 5.32 Å². The lowest BCUT2D eigenvalue weighted by Gasteiger charge is -2.14. The van der Waals surface area contributed by atoms with Gasteiger partial charge in [0.1, 0.15) is 0 Å². The van der Waals surface area contributed by atoms with Gasteiger partial charge >= 0.3 is 0 Å². The molecule has 0 saturated heterocycles. The minimum absolute atomic E-state index is 0.537. The molecule has 1 N–H and O–H groups in total. The van der Waals surface area contributed by atoms with Crippen molar-refractivity contribution in [2.75, 3.05) is 12.3 Å². The Bertz CT molecular complexity index is 570. The Morgan fingerprint density at radius 1 is 1.15 bits per heavy atom. The fourth-order valence-corrected chi connectivity index (χ4v) is 3.93. The van der Waals surface area contributed by atoms with Crippen LogP contribution in [0.25, 0.3) is 0 Å². The molecule has 3 heteroatoms. The highest BCUT2D eigenvalue weighted by molar-refractivity contribution is 9.10. The van der Waals surface area contributed by atoms with Crippen molar-refractivity contribution in [3.63, 3.8) is 0 Å². The van der Waals surface area contributed by atoms with Crippen molar-refractivity contribution in [3.05, 3.63) is 64.1 Å². The third kappa shape index (κ3) is 3.46. The van der Waals surface area contributed by atoms with Crippen molar-refractivity contribution in [2.45, 2.75) is 23.8 Å². The Morgan fingerprint density at radius 3 is 2.85 bits per heavy atom. The number of rotatable bonds is 5. The number of hydrogen-bond donors (Lipinski definition) is 1. The Balaban J connectivity index is 1.49. The number of fused-ring (bicyclic) bond motifs is 1. The molecule has 0 aromatic heterocycles. The van der Waals surface area contributed by atoms with Gasteiger partial charge in [0.25, 0.3) is 0 Å². The lowest BCUT2D eigenvalue weighted by atomic mass is 10.1. The molecule has 0 fully saturated rings. The summed E-state index contributed by atoms with van der Waals surface area (Å²) in [7, 11) is 0. The molecule has 104 valence electrons. The first-order chi connectivity index (χ1) is 9.83. The lowest BCUT2D eigenvalue weighted by Crippen LogP contribution is -2.21. The summed E-state index contributed by atoms with van der Waals surface area (Å²) in [6, 6.07) is 17.8. The zero-order valence-electron chi connectivity index (χ0n) is 11.3. The maximum Gasteiger partial charge on any atom is 0.0326 e. The van der Waals surface area contributed by atoms with Gasteiger partial charge in [-0.05, 0) is 48.2 Å². The largest absolute Gasteiger partial charge is 0.309 e. The van der Waals surface area contributed by atoms with Gasteiger partial charge in [0.15, 0.2) is 0 Å². The summed E-state index contributed by atoms with van der Waals surface area (Å²) in [6.07, 6.45) is 2.42. The average Bonchev–Trinajstić information content (AvgIpc) is 2.87. The molecule has 2 aromatic rings. The summed E-state index contributed by atoms with van der Waals surface area (Å²) in [4.78, 5) is 1.35. The van der Waals surface area contributed by atoms with E-state index in [-0.39, 0.29) is 0 Å². The number of halogens is 1. The number of aryl methyl sites for hydroxylation is 1. The third-order valence-corrected chi connectivity index (χ3v) is 5.19. The van der Waals surface area contributed by atoms with Crippen LogP contribution in [0.3, 0.4) is 0 Å². The molecule has 0 spiro atoms. The molecule has 0 aliphatic heterocycles. The summed E-state index contributed by atoms with van der Waals surface area (Å²) in [5, 5.41) is 3.69. The molecule has 1 unspecified atom stereocenters. The zero-order chi connectivity index (χ0) is 13.8. The summed E-state index contributed by atoms with van der Waals surface area (Å²) in [6.45, 7) is 1.06. The predicted molar refractivity (Wildman–Crippen MR) is 90.4 cm³/mol. The Hall–Kier alpha value is -0.770. The molecule has 2 aromatic carbocycles. The van der Waals surface area contributed by atoms with E-state index in [1.54, 1.807) is 0 Å². The maximum absolute atomic E-state index is 3.69. The normalized spacial score (nSPS) is 17.1. The fraction of sp³-hybridized carbons (Fsp3) is 0.294. The topological polar surface area (TPSA) is 12.0 Å². The monoisotopic (exact) mass is 347 g/mol. The predicted octanol–water partition coefficient (Wildman–Crippen LogP) is 4.82. The number of hydrogen-bond acceptors (Lipinski definition) is 2. The van der Waals surface area contributed by atoms with Crippen LogP contribution in [0.4, 0.5) is 0 Å². The lowest BCUT2D eigenvalue weighted by molar-refractivity contribution is 0.552. The second kappa shape index (κ2) is 6.79. The Kier molecular flexibility index (Phi) is 4.81. The van der Waals surface area contributed by atoms with Crippen LogP contribution in [-0.4, -0.2) is 12.3 Å². The van der Waals surface area contributed by atoms with Gasteiger partial charge in [-0.1, -0.05) is 40.2 Å². The van der Waals surface area contributed by atoms with Crippen molar-refractivity contribution in [3.8, 4) is 0 Å². The van der Waals surface area contributed by atoms with E-state index < -0.39 is 0 Å². The second-order valence-electron chi connectivity index (χ2n) is 5.05. The average molecular weight is 348 g/mol. The maximum atomic E-state index is 3.69. The van der Waals surface area contributed by atoms with Crippen LogP contribution >= 0.6 is 27.7 Å². The number of nitrogens with one attached hydrogen (secondary N) is 1. The zero-order valence-corrected chi connectivity index (χ0v) is 13.7. The van der Waals surface area contributed by atoms with Crippen LogP contribution in [0.1, 0.15) is 23.6 Å². The van der Waals surface area contributed by atoms with Crippen LogP contribution in [0.5, 0.6) is 0 Å². The summed E-state index contributed by atoms with van der Waals surface area (Å²) < 4.78 is 1.19. The molecule has 1 atom stereocenters. The first-order valence-electron chi connectivity index (χ1n) is 7.02. The van der Waals surface area contributed by atoms with Crippen molar-refractivity contribution >= 4 is 27.7 Å². The van der Waals surface area contributed by atoms with Gasteiger partial charge < -0.3 is 5.32 Å². The highest BCUT2D eigenvalue weighted by Crippen LogP contribution is 2.32. The van der Waals surface area contributed by atoms with E-state index in [9.17, 15) is 0 Å². The summed E-state index contributed by atoms with van der Waals surface area (Å²) in [5.41, 5.74) is 2.98. The number of thioether (sulfide) groups is 1. The van der Waals surface area contributed by atoms with Gasteiger partial charge in [-0.3, -0.25) is 0 Å². The van der Waals surface area contributed by atoms with Crippen molar-refractivity contribution < 1.29 is 0 Å². The molecular weight excluding hydrogens is 330 g/mol. The minimum atomic E-state index is 0.537. The molecule has 0 amide bonds. The Labute approximate surface area is 133 Å². The van der Waals surface area contributed by atoms with Crippen LogP contribution in [0, 0.1) is 0 Å². The van der Waals surface area contributed by atoms with E-state index in [0.717, 1.165) is 12.3 Å². The van der Waals surface area contributed by atoms with Crippen molar-refractivity contribution in [2.24, 2.45) is 0 Å². The van der Waals surface area contributed by atoms with Gasteiger partial charge in [0, 0.05) is 27.7 Å². The smallest absolute Gasteiger partial charge is 0.0326 e. The standard InChI is InChI=1S/C17H18BrNS/c18-14-7-8-16-13(12-14)6-9-17(16)19-10-11-20-15-4-2-1-3-5-15/h1-5,7-8,12,17,19H,6,9-11H2. The van der Waals surface area contributed by atoms with Gasteiger partial charge in [-0.25, -0.2) is 0 Å². The van der Waals surface area contributed by atoms with Gasteiger partial charge in [0.2, 0.25) is 0 Å². The summed E-state index contributed by atoms with van der Waals surface area (Å²) in [5.74, 6) is 1.12. The van der Waals surface area contributed by atoms with Crippen molar-refractivity contribution in [1.29, 1.82) is 0 Å². The minimum Gasteiger partial charge on any atom is -0.309 e. The van der Waals surface area contributed by atoms with E-state index in [1.807, 2.05) is 11.8 Å². The first kappa shape index (κ1) is 14.2. The third-order valence-electron chi connectivity index (χ3n) is 3.69. The SMILES string of the molecule is Brc1ccc2c(c1)CCC2NCCSc1ccccc1. The molecule has 1 aliphatic rings. The molecule has 0 radical (unpaired) electrons. The van der Waals surface area contributed by atoms with E-state index in [4.69, 9.17) is 0 Å². The van der Waals surface area contributed by atoms with Gasteiger partial charge in [-0.2, -0.15) is 0 Å². The highest BCUT2D eigenvalue weighted by atomic mass is 79.9. The van der Waals surface area contributed by atoms with E-state index in [2.05, 4.69) is 69.8 Å². The Morgan fingerprint density at radius 2 is 2.00 bits per heavy atom.